The Morgan fingerprint density at radius 2 is 2.17 bits per heavy atom. The maximum absolute atomic E-state index is 11.8. The molecule has 18 heavy (non-hydrogen) atoms. The predicted octanol–water partition coefficient (Wildman–Crippen LogP) is 1.71. The number of methoxy groups -OCH3 is 1. The molecule has 5 nitrogen and oxygen atoms in total. The van der Waals surface area contributed by atoms with E-state index < -0.39 is 0 Å². The average molecular weight is 251 g/mol. The molecule has 0 spiro atoms. The summed E-state index contributed by atoms with van der Waals surface area (Å²) >= 11 is 0. The maximum Gasteiger partial charge on any atom is 0.323 e. The second-order valence-corrected chi connectivity index (χ2v) is 4.40. The van der Waals surface area contributed by atoms with Gasteiger partial charge in [-0.15, -0.1) is 0 Å². The van der Waals surface area contributed by atoms with Crippen molar-refractivity contribution in [3.8, 4) is 0 Å². The Balaban J connectivity index is 2.74. The molecule has 0 aliphatic carbocycles. The molecule has 1 N–H and O–H groups in total. The molecule has 1 aromatic rings. The second kappa shape index (κ2) is 7.06. The fourth-order valence-electron chi connectivity index (χ4n) is 1.72. The van der Waals surface area contributed by atoms with Gasteiger partial charge in [-0.3, -0.25) is 20.1 Å². The van der Waals surface area contributed by atoms with Crippen LogP contribution >= 0.6 is 0 Å². The van der Waals surface area contributed by atoms with E-state index in [0.29, 0.717) is 0 Å². The van der Waals surface area contributed by atoms with Crippen LogP contribution < -0.4 is 5.32 Å². The van der Waals surface area contributed by atoms with Crippen molar-refractivity contribution >= 4 is 5.97 Å². The van der Waals surface area contributed by atoms with Crippen LogP contribution in [-0.2, 0) is 9.53 Å². The summed E-state index contributed by atoms with van der Waals surface area (Å²) in [4.78, 5) is 20.0. The number of hydrogen-bond acceptors (Lipinski definition) is 5. The number of nitrogens with one attached hydrogen (secondary N) is 1. The lowest BCUT2D eigenvalue weighted by molar-refractivity contribution is -0.144. The van der Waals surface area contributed by atoms with Gasteiger partial charge in [0.2, 0.25) is 0 Å². The molecular formula is C13H21N3O2. The van der Waals surface area contributed by atoms with Gasteiger partial charge in [0.1, 0.15) is 6.04 Å². The first kappa shape index (κ1) is 14.6. The van der Waals surface area contributed by atoms with Crippen LogP contribution in [0.4, 0.5) is 0 Å². The molecule has 0 radical (unpaired) electrons. The van der Waals surface area contributed by atoms with Crippen LogP contribution in [0.1, 0.15) is 38.9 Å². The Hall–Kier alpha value is -1.49. The Labute approximate surface area is 108 Å². The van der Waals surface area contributed by atoms with E-state index >= 15 is 0 Å². The maximum atomic E-state index is 11.8. The van der Waals surface area contributed by atoms with Gasteiger partial charge < -0.3 is 4.74 Å². The van der Waals surface area contributed by atoms with Crippen molar-refractivity contribution in [1.82, 2.24) is 15.3 Å². The van der Waals surface area contributed by atoms with Gasteiger partial charge in [-0.2, -0.15) is 0 Å². The zero-order valence-electron chi connectivity index (χ0n) is 11.4. The first-order valence-corrected chi connectivity index (χ1v) is 6.19. The van der Waals surface area contributed by atoms with E-state index in [-0.39, 0.29) is 24.0 Å². The van der Waals surface area contributed by atoms with Crippen LogP contribution in [0.15, 0.2) is 18.6 Å². The van der Waals surface area contributed by atoms with Crippen molar-refractivity contribution in [2.24, 2.45) is 5.92 Å². The van der Waals surface area contributed by atoms with Gasteiger partial charge in [0, 0.05) is 24.6 Å². The summed E-state index contributed by atoms with van der Waals surface area (Å²) in [7, 11) is 1.41. The summed E-state index contributed by atoms with van der Waals surface area (Å²) in [5.41, 5.74) is 0.815. The lowest BCUT2D eigenvalue weighted by Gasteiger charge is -2.25. The quantitative estimate of drug-likeness (QED) is 0.780. The fourth-order valence-corrected chi connectivity index (χ4v) is 1.72. The minimum absolute atomic E-state index is 0.0446. The molecule has 0 amide bonds. The number of carbonyl (C=O) groups is 1. The van der Waals surface area contributed by atoms with Crippen LogP contribution in [0, 0.1) is 5.92 Å². The zero-order valence-corrected chi connectivity index (χ0v) is 11.4. The van der Waals surface area contributed by atoms with E-state index in [0.717, 1.165) is 12.1 Å². The molecule has 0 saturated heterocycles. The molecule has 0 bridgehead atoms. The Morgan fingerprint density at radius 3 is 2.67 bits per heavy atom. The van der Waals surface area contributed by atoms with Crippen LogP contribution in [0.2, 0.25) is 0 Å². The highest BCUT2D eigenvalue weighted by atomic mass is 16.5. The Bertz CT molecular complexity index is 370. The molecule has 0 aromatic carbocycles. The summed E-state index contributed by atoms with van der Waals surface area (Å²) in [6.07, 6.45) is 5.87. The van der Waals surface area contributed by atoms with E-state index in [1.807, 2.05) is 13.8 Å². The summed E-state index contributed by atoms with van der Waals surface area (Å²) in [5.74, 6) is -0.0309. The molecule has 0 saturated carbocycles. The smallest absolute Gasteiger partial charge is 0.323 e. The molecule has 0 aliphatic rings. The van der Waals surface area contributed by atoms with Crippen LogP contribution in [0.3, 0.4) is 0 Å². The second-order valence-electron chi connectivity index (χ2n) is 4.40. The van der Waals surface area contributed by atoms with Gasteiger partial charge in [0.15, 0.2) is 0 Å². The van der Waals surface area contributed by atoms with Gasteiger partial charge in [-0.05, 0) is 12.8 Å². The van der Waals surface area contributed by atoms with Crippen LogP contribution in [-0.4, -0.2) is 29.1 Å². The molecule has 0 aliphatic heterocycles. The van der Waals surface area contributed by atoms with Gasteiger partial charge in [-0.1, -0.05) is 20.3 Å². The van der Waals surface area contributed by atoms with E-state index in [9.17, 15) is 4.79 Å². The van der Waals surface area contributed by atoms with Crippen molar-refractivity contribution in [3.63, 3.8) is 0 Å². The van der Waals surface area contributed by atoms with E-state index in [1.54, 1.807) is 18.6 Å². The monoisotopic (exact) mass is 251 g/mol. The summed E-state index contributed by atoms with van der Waals surface area (Å²) < 4.78 is 4.83. The molecule has 0 fully saturated rings. The third-order valence-corrected chi connectivity index (χ3v) is 3.12. The minimum Gasteiger partial charge on any atom is -0.468 e. The first-order valence-electron chi connectivity index (χ1n) is 6.19. The van der Waals surface area contributed by atoms with Crippen molar-refractivity contribution in [1.29, 1.82) is 0 Å². The van der Waals surface area contributed by atoms with Gasteiger partial charge in [0.25, 0.3) is 0 Å². The molecule has 3 atom stereocenters. The van der Waals surface area contributed by atoms with Crippen molar-refractivity contribution in [3.05, 3.63) is 24.3 Å². The average Bonchev–Trinajstić information content (AvgIpc) is 2.43. The summed E-state index contributed by atoms with van der Waals surface area (Å²) in [5, 5.41) is 3.26. The molecule has 5 heteroatoms. The van der Waals surface area contributed by atoms with Gasteiger partial charge >= 0.3 is 5.97 Å². The molecule has 3 unspecified atom stereocenters. The number of nitrogens with zero attached hydrogens (tertiary/aromatic N) is 2. The minimum atomic E-state index is -0.322. The van der Waals surface area contributed by atoms with Crippen molar-refractivity contribution < 1.29 is 9.53 Å². The third-order valence-electron chi connectivity index (χ3n) is 3.12. The standard InChI is InChI=1S/C13H21N3O2/c1-5-9(2)12(13(17)18-4)16-10(3)11-8-14-6-7-15-11/h6-10,12,16H,5H2,1-4H3. The highest BCUT2D eigenvalue weighted by Crippen LogP contribution is 2.15. The number of carbonyl (C=O) groups excluding carboxylic acids is 1. The number of esters is 1. The SMILES string of the molecule is CCC(C)C(NC(C)c1cnccn1)C(=O)OC. The zero-order chi connectivity index (χ0) is 13.5. The molecule has 1 heterocycles. The number of ether oxygens (including phenoxy) is 1. The van der Waals surface area contributed by atoms with E-state index in [2.05, 4.69) is 22.2 Å². The number of hydrogen-bond donors (Lipinski definition) is 1. The summed E-state index contributed by atoms with van der Waals surface area (Å²) in [6, 6.07) is -0.367. The van der Waals surface area contributed by atoms with E-state index in [1.165, 1.54) is 7.11 Å². The molecule has 100 valence electrons. The number of aromatic nitrogens is 2. The first-order chi connectivity index (χ1) is 8.60. The Morgan fingerprint density at radius 1 is 1.44 bits per heavy atom. The van der Waals surface area contributed by atoms with E-state index in [4.69, 9.17) is 4.74 Å². The number of rotatable bonds is 6. The fraction of sp³-hybridized carbons (Fsp3) is 0.615. The summed E-state index contributed by atoms with van der Waals surface area (Å²) in [6.45, 7) is 6.04. The highest BCUT2D eigenvalue weighted by Gasteiger charge is 2.26. The topological polar surface area (TPSA) is 64.1 Å². The van der Waals surface area contributed by atoms with Gasteiger partial charge in [-0.25, -0.2) is 0 Å². The van der Waals surface area contributed by atoms with Crippen LogP contribution in [0.25, 0.3) is 0 Å². The van der Waals surface area contributed by atoms with Crippen molar-refractivity contribution in [2.75, 3.05) is 7.11 Å². The van der Waals surface area contributed by atoms with Crippen LogP contribution in [0.5, 0.6) is 0 Å². The highest BCUT2D eigenvalue weighted by molar-refractivity contribution is 5.76. The van der Waals surface area contributed by atoms with Crippen molar-refractivity contribution in [2.45, 2.75) is 39.3 Å². The lowest BCUT2D eigenvalue weighted by atomic mass is 9.98. The molecular weight excluding hydrogens is 230 g/mol. The largest absolute Gasteiger partial charge is 0.468 e. The van der Waals surface area contributed by atoms with Gasteiger partial charge in [0.05, 0.1) is 12.8 Å². The third kappa shape index (κ3) is 3.77. The molecule has 1 rings (SSSR count). The lowest BCUT2D eigenvalue weighted by Crippen LogP contribution is -2.43. The predicted molar refractivity (Wildman–Crippen MR) is 68.8 cm³/mol. The normalized spacial score (nSPS) is 15.8. The Kier molecular flexibility index (Phi) is 5.71. The molecule has 1 aromatic heterocycles.